The van der Waals surface area contributed by atoms with Gasteiger partial charge in [0.25, 0.3) is 5.91 Å². The molecule has 5 rings (SSSR count). The first-order chi connectivity index (χ1) is 13.5. The first-order valence-corrected chi connectivity index (χ1v) is 10.2. The van der Waals surface area contributed by atoms with Crippen molar-refractivity contribution >= 4 is 17.7 Å². The van der Waals surface area contributed by atoms with Gasteiger partial charge < -0.3 is 10.2 Å². The number of nitrogens with zero attached hydrogens (tertiary/aromatic N) is 2. The number of amides is 3. The summed E-state index contributed by atoms with van der Waals surface area (Å²) >= 11 is 0. The van der Waals surface area contributed by atoms with Gasteiger partial charge in [-0.1, -0.05) is 18.2 Å². The minimum Gasteiger partial charge on any atom is -0.322 e. The van der Waals surface area contributed by atoms with Gasteiger partial charge in [0, 0.05) is 38.2 Å². The first-order valence-electron chi connectivity index (χ1n) is 10.2. The van der Waals surface area contributed by atoms with Crippen LogP contribution in [0.4, 0.5) is 0 Å². The number of piperidine rings is 2. The number of imide groups is 1. The zero-order valence-corrected chi connectivity index (χ0v) is 16.0. The van der Waals surface area contributed by atoms with E-state index in [-0.39, 0.29) is 24.1 Å². The van der Waals surface area contributed by atoms with Crippen LogP contribution in [0.2, 0.25) is 0 Å². The summed E-state index contributed by atoms with van der Waals surface area (Å²) < 4.78 is 0. The van der Waals surface area contributed by atoms with E-state index in [1.165, 1.54) is 12.8 Å². The number of fused-ring (bicyclic) bond motifs is 1. The van der Waals surface area contributed by atoms with Crippen molar-refractivity contribution in [3.63, 3.8) is 0 Å². The minimum absolute atomic E-state index is 0.0724. The number of carbonyl (C=O) groups is 3. The van der Waals surface area contributed by atoms with Crippen molar-refractivity contribution in [3.8, 4) is 0 Å². The Kier molecular flexibility index (Phi) is 4.25. The van der Waals surface area contributed by atoms with E-state index in [2.05, 4.69) is 15.5 Å². The van der Waals surface area contributed by atoms with Crippen molar-refractivity contribution in [1.82, 2.24) is 20.4 Å². The Labute approximate surface area is 164 Å². The van der Waals surface area contributed by atoms with E-state index in [1.807, 2.05) is 18.2 Å². The van der Waals surface area contributed by atoms with Crippen LogP contribution in [0.25, 0.3) is 0 Å². The Morgan fingerprint density at radius 1 is 1.11 bits per heavy atom. The molecule has 3 saturated heterocycles. The SMILES string of the molecule is O=C1CCC(N2Cc3cccc(CN4CCC5(CC4)CNC5)c3C2=O)C(=O)N1. The minimum atomic E-state index is -0.550. The summed E-state index contributed by atoms with van der Waals surface area (Å²) in [5.74, 6) is -0.679. The van der Waals surface area contributed by atoms with Gasteiger partial charge in [-0.05, 0) is 48.9 Å². The van der Waals surface area contributed by atoms with Crippen LogP contribution < -0.4 is 10.6 Å². The summed E-state index contributed by atoms with van der Waals surface area (Å²) in [4.78, 5) is 40.9. The summed E-state index contributed by atoms with van der Waals surface area (Å²) in [7, 11) is 0. The molecule has 7 nitrogen and oxygen atoms in total. The molecule has 7 heteroatoms. The van der Waals surface area contributed by atoms with Crippen molar-refractivity contribution in [3.05, 3.63) is 34.9 Å². The van der Waals surface area contributed by atoms with Crippen LogP contribution in [0.5, 0.6) is 0 Å². The van der Waals surface area contributed by atoms with Gasteiger partial charge in [-0.25, -0.2) is 0 Å². The monoisotopic (exact) mass is 382 g/mol. The molecule has 0 radical (unpaired) electrons. The van der Waals surface area contributed by atoms with Gasteiger partial charge in [-0.3, -0.25) is 24.6 Å². The summed E-state index contributed by atoms with van der Waals surface area (Å²) in [5.41, 5.74) is 3.31. The third-order valence-corrected chi connectivity index (χ3v) is 6.95. The maximum atomic E-state index is 13.2. The third-order valence-electron chi connectivity index (χ3n) is 6.95. The molecule has 1 spiro atoms. The average molecular weight is 382 g/mol. The second kappa shape index (κ2) is 6.67. The predicted molar refractivity (Wildman–Crippen MR) is 102 cm³/mol. The van der Waals surface area contributed by atoms with Crippen LogP contribution in [-0.2, 0) is 22.7 Å². The largest absolute Gasteiger partial charge is 0.322 e. The fourth-order valence-corrected chi connectivity index (χ4v) is 5.08. The highest BCUT2D eigenvalue weighted by Gasteiger charge is 2.41. The molecule has 28 heavy (non-hydrogen) atoms. The number of hydrogen-bond acceptors (Lipinski definition) is 5. The molecule has 3 amide bonds. The van der Waals surface area contributed by atoms with Crippen molar-refractivity contribution in [2.24, 2.45) is 5.41 Å². The van der Waals surface area contributed by atoms with E-state index in [0.717, 1.165) is 49.4 Å². The lowest BCUT2D eigenvalue weighted by molar-refractivity contribution is -0.136. The number of carbonyl (C=O) groups excluding carboxylic acids is 3. The topological polar surface area (TPSA) is 81.8 Å². The Morgan fingerprint density at radius 2 is 1.89 bits per heavy atom. The molecule has 1 unspecified atom stereocenters. The first kappa shape index (κ1) is 17.8. The van der Waals surface area contributed by atoms with Crippen molar-refractivity contribution in [1.29, 1.82) is 0 Å². The fourth-order valence-electron chi connectivity index (χ4n) is 5.08. The maximum absolute atomic E-state index is 13.2. The molecular formula is C21H26N4O3. The van der Waals surface area contributed by atoms with Gasteiger partial charge in [0.15, 0.2) is 0 Å². The summed E-state index contributed by atoms with van der Waals surface area (Å²) in [6.07, 6.45) is 3.12. The highest BCUT2D eigenvalue weighted by atomic mass is 16.2. The molecular weight excluding hydrogens is 356 g/mol. The van der Waals surface area contributed by atoms with Crippen molar-refractivity contribution in [2.75, 3.05) is 26.2 Å². The Balaban J connectivity index is 1.31. The van der Waals surface area contributed by atoms with E-state index < -0.39 is 6.04 Å². The molecule has 1 atom stereocenters. The Bertz CT molecular complexity index is 838. The third kappa shape index (κ3) is 2.93. The number of benzene rings is 1. The fraction of sp³-hybridized carbons (Fsp3) is 0.571. The van der Waals surface area contributed by atoms with E-state index >= 15 is 0 Å². The van der Waals surface area contributed by atoms with Crippen LogP contribution >= 0.6 is 0 Å². The molecule has 3 fully saturated rings. The van der Waals surface area contributed by atoms with Crippen LogP contribution in [0.1, 0.15) is 47.2 Å². The zero-order chi connectivity index (χ0) is 19.3. The van der Waals surface area contributed by atoms with E-state index in [1.54, 1.807) is 4.90 Å². The van der Waals surface area contributed by atoms with Gasteiger partial charge in [0.05, 0.1) is 0 Å². The van der Waals surface area contributed by atoms with Crippen molar-refractivity contribution < 1.29 is 14.4 Å². The number of likely N-dealkylation sites (tertiary alicyclic amines) is 1. The van der Waals surface area contributed by atoms with Gasteiger partial charge in [-0.2, -0.15) is 0 Å². The molecule has 1 aromatic rings. The molecule has 148 valence electrons. The Hall–Kier alpha value is -2.25. The second-order valence-electron chi connectivity index (χ2n) is 8.73. The quantitative estimate of drug-likeness (QED) is 0.750. The number of nitrogens with one attached hydrogen (secondary N) is 2. The van der Waals surface area contributed by atoms with Crippen LogP contribution in [0.3, 0.4) is 0 Å². The van der Waals surface area contributed by atoms with Crippen LogP contribution in [0.15, 0.2) is 18.2 Å². The number of rotatable bonds is 3. The molecule has 0 bridgehead atoms. The van der Waals surface area contributed by atoms with Gasteiger partial charge >= 0.3 is 0 Å². The smallest absolute Gasteiger partial charge is 0.255 e. The zero-order valence-electron chi connectivity index (χ0n) is 16.0. The molecule has 2 N–H and O–H groups in total. The van der Waals surface area contributed by atoms with Gasteiger partial charge in [0.1, 0.15) is 6.04 Å². The van der Waals surface area contributed by atoms with Gasteiger partial charge in [-0.15, -0.1) is 0 Å². The lowest BCUT2D eigenvalue weighted by Crippen LogP contribution is -2.58. The predicted octanol–water partition coefficient (Wildman–Crippen LogP) is 0.633. The van der Waals surface area contributed by atoms with Crippen molar-refractivity contribution in [2.45, 2.75) is 44.8 Å². The van der Waals surface area contributed by atoms with E-state index in [0.29, 0.717) is 18.4 Å². The molecule has 0 aliphatic carbocycles. The maximum Gasteiger partial charge on any atom is 0.255 e. The van der Waals surface area contributed by atoms with E-state index in [4.69, 9.17) is 0 Å². The standard InChI is InChI=1S/C21H26N4O3/c26-17-5-4-16(19(27)23-17)25-11-15-3-1-2-14(18(15)20(25)28)10-24-8-6-21(7-9-24)12-22-13-21/h1-3,16,22H,4-13H2,(H,23,26,27). The normalized spacial score (nSPS) is 26.9. The lowest BCUT2D eigenvalue weighted by Gasteiger charge is -2.48. The molecule has 4 aliphatic heterocycles. The van der Waals surface area contributed by atoms with Crippen LogP contribution in [-0.4, -0.2) is 59.7 Å². The highest BCUT2D eigenvalue weighted by molar-refractivity contribution is 6.05. The van der Waals surface area contributed by atoms with Gasteiger partial charge in [0.2, 0.25) is 11.8 Å². The van der Waals surface area contributed by atoms with Crippen LogP contribution in [0, 0.1) is 5.41 Å². The molecule has 4 aliphatic rings. The molecule has 4 heterocycles. The number of hydrogen-bond donors (Lipinski definition) is 2. The summed E-state index contributed by atoms with van der Waals surface area (Å²) in [6.45, 7) is 5.64. The summed E-state index contributed by atoms with van der Waals surface area (Å²) in [6, 6.07) is 5.48. The molecule has 0 aromatic heterocycles. The molecule has 0 saturated carbocycles. The highest BCUT2D eigenvalue weighted by Crippen LogP contribution is 2.36. The molecule has 1 aromatic carbocycles. The van der Waals surface area contributed by atoms with E-state index in [9.17, 15) is 14.4 Å². The lowest BCUT2D eigenvalue weighted by atomic mass is 9.73. The average Bonchev–Trinajstić information content (AvgIpc) is 2.99. The Morgan fingerprint density at radius 3 is 2.57 bits per heavy atom. The summed E-state index contributed by atoms with van der Waals surface area (Å²) in [5, 5.41) is 5.76. The second-order valence-corrected chi connectivity index (χ2v) is 8.73.